The van der Waals surface area contributed by atoms with Crippen molar-refractivity contribution in [1.82, 2.24) is 0 Å². The van der Waals surface area contributed by atoms with E-state index in [1.165, 1.54) is 31.2 Å². The van der Waals surface area contributed by atoms with Crippen LogP contribution < -0.4 is 4.72 Å². The average molecular weight is 434 g/mol. The first-order chi connectivity index (χ1) is 13.2. The Labute approximate surface area is 172 Å². The fourth-order valence-electron chi connectivity index (χ4n) is 2.57. The lowest BCUT2D eigenvalue weighted by molar-refractivity contribution is -0.109. The quantitative estimate of drug-likeness (QED) is 0.567. The molecule has 0 aliphatic carbocycles. The zero-order valence-corrected chi connectivity index (χ0v) is 17.2. The maximum absolute atomic E-state index is 12.6. The molecular formula is C20H16ClNO4S2. The van der Waals surface area contributed by atoms with Gasteiger partial charge in [0.15, 0.2) is 10.9 Å². The Kier molecular flexibility index (Phi) is 6.07. The zero-order valence-electron chi connectivity index (χ0n) is 14.8. The molecule has 1 N–H and O–H groups in total. The number of benzene rings is 3. The number of carbonyl (C=O) groups excluding carboxylic acids is 2. The fourth-order valence-corrected chi connectivity index (χ4v) is 4.30. The minimum Gasteiger partial charge on any atom is -0.293 e. The molecule has 0 unspecified atom stereocenters. The summed E-state index contributed by atoms with van der Waals surface area (Å²) in [5.41, 5.74) is 0.765. The van der Waals surface area contributed by atoms with E-state index in [0.717, 1.165) is 22.5 Å². The fraction of sp³-hybridized carbons (Fsp3) is 0.100. The molecule has 3 aromatic rings. The Morgan fingerprint density at radius 2 is 1.64 bits per heavy atom. The summed E-state index contributed by atoms with van der Waals surface area (Å²) in [6, 6.07) is 16.2. The number of thioether (sulfide) groups is 1. The molecule has 0 saturated carbocycles. The maximum atomic E-state index is 12.6. The van der Waals surface area contributed by atoms with E-state index in [2.05, 4.69) is 4.72 Å². The Morgan fingerprint density at radius 3 is 2.32 bits per heavy atom. The first kappa shape index (κ1) is 20.4. The SMILES string of the molecule is CC(=O)SCC(=O)c1ccc(S(=O)(=O)Nc2ccc3ccc(Cl)cc3c2)cc1. The summed E-state index contributed by atoms with van der Waals surface area (Å²) in [4.78, 5) is 23.0. The number of anilines is 1. The van der Waals surface area contributed by atoms with Crippen LogP contribution in [0.25, 0.3) is 10.8 Å². The van der Waals surface area contributed by atoms with Gasteiger partial charge in [-0.1, -0.05) is 47.6 Å². The van der Waals surface area contributed by atoms with Crippen molar-refractivity contribution < 1.29 is 18.0 Å². The molecule has 0 aliphatic heterocycles. The van der Waals surface area contributed by atoms with Gasteiger partial charge >= 0.3 is 0 Å². The molecule has 28 heavy (non-hydrogen) atoms. The highest BCUT2D eigenvalue weighted by Gasteiger charge is 2.16. The van der Waals surface area contributed by atoms with Crippen molar-refractivity contribution in [3.05, 3.63) is 71.2 Å². The van der Waals surface area contributed by atoms with E-state index in [1.54, 1.807) is 30.3 Å². The third-order valence-electron chi connectivity index (χ3n) is 3.95. The molecule has 0 radical (unpaired) electrons. The molecule has 5 nitrogen and oxygen atoms in total. The second-order valence-corrected chi connectivity index (χ2v) is 9.31. The number of nitrogens with one attached hydrogen (secondary N) is 1. The number of sulfonamides is 1. The molecule has 0 aliphatic rings. The monoisotopic (exact) mass is 433 g/mol. The Bertz CT molecular complexity index is 1160. The van der Waals surface area contributed by atoms with Gasteiger partial charge in [-0.25, -0.2) is 8.42 Å². The van der Waals surface area contributed by atoms with Crippen molar-refractivity contribution in [1.29, 1.82) is 0 Å². The van der Waals surface area contributed by atoms with Crippen LogP contribution in [0.3, 0.4) is 0 Å². The van der Waals surface area contributed by atoms with E-state index in [4.69, 9.17) is 11.6 Å². The number of carbonyl (C=O) groups is 2. The Morgan fingerprint density at radius 1 is 0.964 bits per heavy atom. The lowest BCUT2D eigenvalue weighted by Crippen LogP contribution is -2.13. The first-order valence-corrected chi connectivity index (χ1v) is 11.1. The van der Waals surface area contributed by atoms with Gasteiger partial charge in [-0.2, -0.15) is 0 Å². The molecule has 3 rings (SSSR count). The van der Waals surface area contributed by atoms with Crippen molar-refractivity contribution >= 4 is 60.7 Å². The standard InChI is InChI=1S/C20H16ClNO4S2/c1-13(23)27-12-20(24)15-4-8-19(9-5-15)28(25,26)22-18-7-3-14-2-6-17(21)10-16(14)11-18/h2-11,22H,12H2,1H3. The zero-order chi connectivity index (χ0) is 20.3. The summed E-state index contributed by atoms with van der Waals surface area (Å²) >= 11 is 6.91. The van der Waals surface area contributed by atoms with Gasteiger partial charge in [0.1, 0.15) is 0 Å². The van der Waals surface area contributed by atoms with Gasteiger partial charge in [-0.3, -0.25) is 14.3 Å². The van der Waals surface area contributed by atoms with Crippen molar-refractivity contribution in [2.75, 3.05) is 10.5 Å². The highest BCUT2D eigenvalue weighted by atomic mass is 35.5. The average Bonchev–Trinajstić information content (AvgIpc) is 2.65. The van der Waals surface area contributed by atoms with Crippen LogP contribution in [0.4, 0.5) is 5.69 Å². The molecule has 0 fully saturated rings. The number of ketones is 1. The number of hydrogen-bond acceptors (Lipinski definition) is 5. The van der Waals surface area contributed by atoms with Crippen molar-refractivity contribution in [3.63, 3.8) is 0 Å². The van der Waals surface area contributed by atoms with Crippen molar-refractivity contribution in [3.8, 4) is 0 Å². The Hall–Kier alpha value is -2.35. The van der Waals surface area contributed by atoms with Crippen LogP contribution >= 0.6 is 23.4 Å². The van der Waals surface area contributed by atoms with E-state index in [1.807, 2.05) is 6.07 Å². The third kappa shape index (κ3) is 4.92. The molecule has 0 aromatic heterocycles. The summed E-state index contributed by atoms with van der Waals surface area (Å²) in [5.74, 6) is -0.206. The van der Waals surface area contributed by atoms with Crippen LogP contribution in [0.15, 0.2) is 65.6 Å². The van der Waals surface area contributed by atoms with E-state index < -0.39 is 10.0 Å². The molecular weight excluding hydrogens is 418 g/mol. The number of Topliss-reactive ketones (excluding diaryl/α,β-unsaturated/α-hetero) is 1. The van der Waals surface area contributed by atoms with Gasteiger partial charge < -0.3 is 0 Å². The molecule has 8 heteroatoms. The highest BCUT2D eigenvalue weighted by molar-refractivity contribution is 8.14. The largest absolute Gasteiger partial charge is 0.293 e. The molecule has 144 valence electrons. The summed E-state index contributed by atoms with van der Waals surface area (Å²) in [5, 5.41) is 2.18. The minimum atomic E-state index is -3.81. The number of rotatable bonds is 6. The van der Waals surface area contributed by atoms with E-state index >= 15 is 0 Å². The van der Waals surface area contributed by atoms with Crippen LogP contribution in [0.1, 0.15) is 17.3 Å². The van der Waals surface area contributed by atoms with Crippen LogP contribution in [-0.2, 0) is 14.8 Å². The molecule has 0 heterocycles. The third-order valence-corrected chi connectivity index (χ3v) is 6.39. The molecule has 0 atom stereocenters. The lowest BCUT2D eigenvalue weighted by atomic mass is 10.1. The van der Waals surface area contributed by atoms with Crippen LogP contribution in [-0.4, -0.2) is 25.1 Å². The van der Waals surface area contributed by atoms with E-state index in [0.29, 0.717) is 16.3 Å². The second-order valence-electron chi connectivity index (χ2n) is 6.04. The van der Waals surface area contributed by atoms with Crippen molar-refractivity contribution in [2.24, 2.45) is 0 Å². The summed E-state index contributed by atoms with van der Waals surface area (Å²) in [6.07, 6.45) is 0. The second kappa shape index (κ2) is 8.34. The smallest absolute Gasteiger partial charge is 0.261 e. The summed E-state index contributed by atoms with van der Waals surface area (Å²) < 4.78 is 27.8. The van der Waals surface area contributed by atoms with Gasteiger partial charge in [-0.15, -0.1) is 0 Å². The minimum absolute atomic E-state index is 0.0271. The predicted molar refractivity (Wildman–Crippen MR) is 114 cm³/mol. The van der Waals surface area contributed by atoms with E-state index in [-0.39, 0.29) is 21.5 Å². The van der Waals surface area contributed by atoms with Gasteiger partial charge in [0.2, 0.25) is 0 Å². The number of halogens is 1. The summed E-state index contributed by atoms with van der Waals surface area (Å²) in [6.45, 7) is 1.39. The van der Waals surface area contributed by atoms with Crippen LogP contribution in [0.2, 0.25) is 5.02 Å². The molecule has 0 amide bonds. The topological polar surface area (TPSA) is 80.3 Å². The molecule has 0 bridgehead atoms. The maximum Gasteiger partial charge on any atom is 0.261 e. The molecule has 0 spiro atoms. The predicted octanol–water partition coefficient (Wildman–Crippen LogP) is 4.76. The van der Waals surface area contributed by atoms with Gasteiger partial charge in [0, 0.05) is 23.2 Å². The Balaban J connectivity index is 1.79. The van der Waals surface area contributed by atoms with Crippen molar-refractivity contribution in [2.45, 2.75) is 11.8 Å². The first-order valence-electron chi connectivity index (χ1n) is 8.23. The van der Waals surface area contributed by atoms with Gasteiger partial charge in [0.25, 0.3) is 10.0 Å². The van der Waals surface area contributed by atoms with Crippen LogP contribution in [0.5, 0.6) is 0 Å². The lowest BCUT2D eigenvalue weighted by Gasteiger charge is -2.10. The van der Waals surface area contributed by atoms with E-state index in [9.17, 15) is 18.0 Å². The van der Waals surface area contributed by atoms with Gasteiger partial charge in [0.05, 0.1) is 10.6 Å². The molecule has 3 aromatic carbocycles. The number of hydrogen-bond donors (Lipinski definition) is 1. The highest BCUT2D eigenvalue weighted by Crippen LogP contribution is 2.24. The number of fused-ring (bicyclic) bond motifs is 1. The van der Waals surface area contributed by atoms with Crippen LogP contribution in [0, 0.1) is 0 Å². The normalized spacial score (nSPS) is 11.4. The summed E-state index contributed by atoms with van der Waals surface area (Å²) in [7, 11) is -3.81. The molecule has 0 saturated heterocycles. The van der Waals surface area contributed by atoms with Gasteiger partial charge in [-0.05, 0) is 47.2 Å².